The smallest absolute Gasteiger partial charge is 0.254 e. The summed E-state index contributed by atoms with van der Waals surface area (Å²) in [6, 6.07) is 0. The topological polar surface area (TPSA) is 34.0 Å². The molecule has 3 nitrogen and oxygen atoms in total. The second-order valence-corrected chi connectivity index (χ2v) is 5.91. The Labute approximate surface area is 104 Å². The zero-order chi connectivity index (χ0) is 12.0. The first-order valence-corrected chi connectivity index (χ1v) is 7.30. The molecule has 0 aliphatic heterocycles. The molecule has 0 saturated heterocycles. The molecule has 0 bridgehead atoms. The third-order valence-corrected chi connectivity index (χ3v) is 4.15. The summed E-state index contributed by atoms with van der Waals surface area (Å²) >= 11 is 1.86. The Balaban J connectivity index is 2.62. The molecule has 1 aromatic rings. The van der Waals surface area contributed by atoms with Gasteiger partial charge in [-0.3, -0.25) is 0 Å². The van der Waals surface area contributed by atoms with Crippen LogP contribution in [0, 0.1) is 13.8 Å². The van der Waals surface area contributed by atoms with Gasteiger partial charge in [0.15, 0.2) is 0 Å². The van der Waals surface area contributed by atoms with Crippen molar-refractivity contribution in [3.05, 3.63) is 20.9 Å². The first kappa shape index (κ1) is 13.5. The first-order chi connectivity index (χ1) is 7.70. The lowest BCUT2D eigenvalue weighted by Crippen LogP contribution is -1.97. The fraction of sp³-hybridized carbons (Fsp3) is 0.636. The first-order valence-electron chi connectivity index (χ1n) is 5.37. The molecule has 0 atom stereocenters. The van der Waals surface area contributed by atoms with Crippen molar-refractivity contribution < 1.29 is 4.43 Å². The number of nitrogens with zero attached hydrogens (tertiary/aromatic N) is 2. The van der Waals surface area contributed by atoms with Gasteiger partial charge in [0.05, 0.1) is 12.7 Å². The van der Waals surface area contributed by atoms with Crippen LogP contribution in [0.3, 0.4) is 0 Å². The van der Waals surface area contributed by atoms with Crippen molar-refractivity contribution in [1.82, 2.24) is 0 Å². The Bertz CT molecular complexity index is 363. The van der Waals surface area contributed by atoms with Crippen molar-refractivity contribution in [3.8, 4) is 0 Å². The lowest BCUT2D eigenvalue weighted by Gasteiger charge is -2.00. The predicted octanol–water partition coefficient (Wildman–Crippen LogP) is 3.10. The summed E-state index contributed by atoms with van der Waals surface area (Å²) in [5.74, 6) is 0. The van der Waals surface area contributed by atoms with Crippen LogP contribution in [0.1, 0.15) is 27.8 Å². The molecule has 0 amide bonds. The lowest BCUT2D eigenvalue weighted by atomic mass is 10.1. The zero-order valence-electron chi connectivity index (χ0n) is 10.3. The summed E-state index contributed by atoms with van der Waals surface area (Å²) in [7, 11) is 2.11. The third-order valence-electron chi connectivity index (χ3n) is 2.48. The highest BCUT2D eigenvalue weighted by molar-refractivity contribution is 7.12. The molecule has 0 spiro atoms. The van der Waals surface area contributed by atoms with Crippen LogP contribution in [0.25, 0.3) is 0 Å². The van der Waals surface area contributed by atoms with Crippen LogP contribution in [0.4, 0.5) is 0 Å². The molecule has 5 heteroatoms. The van der Waals surface area contributed by atoms with Gasteiger partial charge in [0.1, 0.15) is 0 Å². The van der Waals surface area contributed by atoms with Gasteiger partial charge in [-0.1, -0.05) is 6.92 Å². The number of aryl methyl sites for hydroxylation is 2. The third kappa shape index (κ3) is 3.50. The molecular weight excluding hydrogens is 236 g/mol. The van der Waals surface area contributed by atoms with Crippen molar-refractivity contribution >= 4 is 21.1 Å². The summed E-state index contributed by atoms with van der Waals surface area (Å²) in [6.07, 6.45) is 1.76. The Morgan fingerprint density at radius 3 is 2.50 bits per heavy atom. The fourth-order valence-corrected chi connectivity index (χ4v) is 3.16. The summed E-state index contributed by atoms with van der Waals surface area (Å²) in [6.45, 7) is 7.26. The predicted molar refractivity (Wildman–Crippen MR) is 69.4 cm³/mol. The Hall–Kier alpha value is -0.523. The minimum atomic E-state index is 0.425. The maximum atomic E-state index is 4.94. The normalized spacial score (nSPS) is 11.5. The second kappa shape index (κ2) is 6.93. The summed E-state index contributed by atoms with van der Waals surface area (Å²) in [5.41, 5.74) is 2.82. The maximum absolute atomic E-state index is 4.94. The van der Waals surface area contributed by atoms with E-state index in [-0.39, 0.29) is 0 Å². The maximum Gasteiger partial charge on any atom is 0.254 e. The van der Waals surface area contributed by atoms with Crippen molar-refractivity contribution in [2.45, 2.75) is 33.7 Å². The van der Waals surface area contributed by atoms with E-state index in [9.17, 15) is 0 Å². The van der Waals surface area contributed by atoms with E-state index < -0.39 is 0 Å². The quantitative estimate of drug-likeness (QED) is 0.436. The van der Waals surface area contributed by atoms with Crippen LogP contribution in [-0.2, 0) is 17.4 Å². The van der Waals surface area contributed by atoms with Gasteiger partial charge in [-0.15, -0.1) is 11.3 Å². The highest BCUT2D eigenvalue weighted by atomic mass is 32.1. The zero-order valence-corrected chi connectivity index (χ0v) is 12.1. The monoisotopic (exact) mass is 254 g/mol. The van der Waals surface area contributed by atoms with E-state index in [2.05, 4.69) is 31.0 Å². The van der Waals surface area contributed by atoms with Crippen molar-refractivity contribution in [1.29, 1.82) is 0 Å². The van der Waals surface area contributed by atoms with Crippen molar-refractivity contribution in [3.63, 3.8) is 0 Å². The fourth-order valence-electron chi connectivity index (χ4n) is 1.71. The van der Waals surface area contributed by atoms with Crippen LogP contribution < -0.4 is 0 Å². The number of hydrogen-bond donors (Lipinski definition) is 0. The van der Waals surface area contributed by atoms with Crippen molar-refractivity contribution in [2.24, 2.45) is 10.2 Å². The highest BCUT2D eigenvalue weighted by Crippen LogP contribution is 2.28. The molecule has 0 aliphatic rings. The van der Waals surface area contributed by atoms with Gasteiger partial charge in [0, 0.05) is 16.9 Å². The number of rotatable bonds is 6. The van der Waals surface area contributed by atoms with Gasteiger partial charge < -0.3 is 4.43 Å². The van der Waals surface area contributed by atoms with Gasteiger partial charge in [-0.2, -0.15) is 10.2 Å². The van der Waals surface area contributed by atoms with E-state index in [4.69, 9.17) is 4.43 Å². The second-order valence-electron chi connectivity index (χ2n) is 3.47. The largest absolute Gasteiger partial charge is 0.419 e. The Kier molecular flexibility index (Phi) is 5.87. The minimum absolute atomic E-state index is 0.425. The summed E-state index contributed by atoms with van der Waals surface area (Å²) in [5, 5.41) is 8.32. The Morgan fingerprint density at radius 1 is 1.19 bits per heavy atom. The summed E-state index contributed by atoms with van der Waals surface area (Å²) in [4.78, 5) is 2.80. The van der Waals surface area contributed by atoms with E-state index in [1.807, 2.05) is 11.3 Å². The van der Waals surface area contributed by atoms with Gasteiger partial charge in [0.2, 0.25) is 0 Å². The molecule has 0 unspecified atom stereocenters. The van der Waals surface area contributed by atoms with E-state index >= 15 is 0 Å². The average Bonchev–Trinajstić information content (AvgIpc) is 2.53. The average molecular weight is 254 g/mol. The SMILES string of the molecule is CCc1c(C)sc(C)c1CN=NC[Si]OC. The molecule has 88 valence electrons. The molecular formula is C11H18N2OSSi. The number of thiophene rings is 1. The van der Waals surface area contributed by atoms with Crippen LogP contribution in [0.2, 0.25) is 0 Å². The van der Waals surface area contributed by atoms with E-state index in [0.29, 0.717) is 22.5 Å². The highest BCUT2D eigenvalue weighted by Gasteiger charge is 2.10. The molecule has 2 radical (unpaired) electrons. The standard InChI is InChI=1S/C11H18N2OSSi/c1-5-10-8(2)15-9(3)11(10)6-12-13-7-16-14-4/h5-7H2,1-4H3. The van der Waals surface area contributed by atoms with E-state index in [1.165, 1.54) is 20.9 Å². The number of azo groups is 1. The molecule has 1 rings (SSSR count). The molecule has 0 aliphatic carbocycles. The van der Waals surface area contributed by atoms with Gasteiger partial charge >= 0.3 is 0 Å². The van der Waals surface area contributed by atoms with Crippen LogP contribution in [-0.4, -0.2) is 23.0 Å². The molecule has 0 saturated carbocycles. The van der Waals surface area contributed by atoms with Crippen LogP contribution in [0.15, 0.2) is 10.2 Å². The van der Waals surface area contributed by atoms with E-state index in [1.54, 1.807) is 7.11 Å². The van der Waals surface area contributed by atoms with Gasteiger partial charge in [0.25, 0.3) is 9.76 Å². The summed E-state index contributed by atoms with van der Waals surface area (Å²) < 4.78 is 4.94. The van der Waals surface area contributed by atoms with Crippen LogP contribution in [0.5, 0.6) is 0 Å². The Morgan fingerprint density at radius 2 is 1.88 bits per heavy atom. The van der Waals surface area contributed by atoms with Gasteiger partial charge in [-0.05, 0) is 31.4 Å². The molecule has 0 aromatic carbocycles. The van der Waals surface area contributed by atoms with E-state index in [0.717, 1.165) is 6.42 Å². The van der Waals surface area contributed by atoms with Crippen LogP contribution >= 0.6 is 11.3 Å². The van der Waals surface area contributed by atoms with Gasteiger partial charge in [-0.25, -0.2) is 0 Å². The molecule has 1 heterocycles. The molecule has 0 N–H and O–H groups in total. The molecule has 1 aromatic heterocycles. The van der Waals surface area contributed by atoms with Crippen molar-refractivity contribution in [2.75, 3.05) is 13.3 Å². The minimum Gasteiger partial charge on any atom is -0.419 e. The molecule has 0 fully saturated rings. The lowest BCUT2D eigenvalue weighted by molar-refractivity contribution is 0.441. The molecule has 16 heavy (non-hydrogen) atoms. The number of hydrogen-bond acceptors (Lipinski definition) is 4.